The van der Waals surface area contributed by atoms with Gasteiger partial charge in [0.1, 0.15) is 0 Å². The first kappa shape index (κ1) is 17.3. The molecule has 124 valence electrons. The topological polar surface area (TPSA) is 52.6 Å². The molecule has 1 aliphatic rings. The molecule has 2 N–H and O–H groups in total. The average molecular weight is 314 g/mol. The number of anilines is 2. The maximum absolute atomic E-state index is 12.2. The third-order valence-electron chi connectivity index (χ3n) is 4.19. The van der Waals surface area contributed by atoms with E-state index >= 15 is 0 Å². The zero-order chi connectivity index (χ0) is 16.7. The lowest BCUT2D eigenvalue weighted by molar-refractivity contribution is -0.111. The second-order valence-corrected chi connectivity index (χ2v) is 5.78. The lowest BCUT2D eigenvalue weighted by Gasteiger charge is -2.32. The summed E-state index contributed by atoms with van der Waals surface area (Å²) in [6.07, 6.45) is 7.69. The molecule has 1 saturated heterocycles. The Bertz CT molecular complexity index is 585. The van der Waals surface area contributed by atoms with E-state index in [0.29, 0.717) is 0 Å². The lowest BCUT2D eigenvalue weighted by atomic mass is 10.1. The van der Waals surface area contributed by atoms with Crippen molar-refractivity contribution in [2.45, 2.75) is 39.2 Å². The van der Waals surface area contributed by atoms with Gasteiger partial charge in [-0.2, -0.15) is 0 Å². The zero-order valence-electron chi connectivity index (χ0n) is 14.0. The van der Waals surface area contributed by atoms with Crippen molar-refractivity contribution in [3.05, 3.63) is 48.1 Å². The fraction of sp³-hybridized carbons (Fsp3) is 0.421. The summed E-state index contributed by atoms with van der Waals surface area (Å²) in [5, 5.41) is 12.6. The summed E-state index contributed by atoms with van der Waals surface area (Å²) < 4.78 is 0. The molecule has 1 amide bonds. The number of nitrogens with one attached hydrogen (secondary N) is 1. The summed E-state index contributed by atoms with van der Waals surface area (Å²) in [7, 11) is 0. The Morgan fingerprint density at radius 1 is 1.30 bits per heavy atom. The first-order valence-corrected chi connectivity index (χ1v) is 8.30. The summed E-state index contributed by atoms with van der Waals surface area (Å²) in [6.45, 7) is 5.66. The van der Waals surface area contributed by atoms with Crippen LogP contribution in [0.1, 0.15) is 33.1 Å². The maximum Gasteiger partial charge on any atom is 0.248 e. The van der Waals surface area contributed by atoms with Gasteiger partial charge in [-0.15, -0.1) is 0 Å². The predicted molar refractivity (Wildman–Crippen MR) is 95.7 cm³/mol. The van der Waals surface area contributed by atoms with E-state index in [0.717, 1.165) is 49.3 Å². The molecular weight excluding hydrogens is 288 g/mol. The van der Waals surface area contributed by atoms with E-state index in [4.69, 9.17) is 0 Å². The number of piperidine rings is 1. The van der Waals surface area contributed by atoms with Crippen LogP contribution in [0.4, 0.5) is 11.4 Å². The Labute approximate surface area is 138 Å². The molecule has 1 heterocycles. The Kier molecular flexibility index (Phi) is 6.41. The molecule has 1 aliphatic heterocycles. The van der Waals surface area contributed by atoms with Crippen LogP contribution >= 0.6 is 0 Å². The minimum Gasteiger partial charge on any atom is -0.393 e. The lowest BCUT2D eigenvalue weighted by Crippen LogP contribution is -2.36. The second-order valence-electron chi connectivity index (χ2n) is 5.78. The Hall–Kier alpha value is -2.07. The molecule has 1 aromatic rings. The fourth-order valence-electron chi connectivity index (χ4n) is 2.74. The SMILES string of the molecule is CC=C(C=CC(=O)Nc1ccccc1N1CCC(O)CC1)CC. The number of amides is 1. The highest BCUT2D eigenvalue weighted by Gasteiger charge is 2.19. The number of carbonyl (C=O) groups is 1. The van der Waals surface area contributed by atoms with Gasteiger partial charge in [-0.1, -0.05) is 36.8 Å². The van der Waals surface area contributed by atoms with Crippen molar-refractivity contribution in [2.24, 2.45) is 0 Å². The number of para-hydroxylation sites is 2. The van der Waals surface area contributed by atoms with E-state index in [1.807, 2.05) is 43.3 Å². The first-order chi connectivity index (χ1) is 11.1. The number of hydrogen-bond acceptors (Lipinski definition) is 3. The molecule has 4 nitrogen and oxygen atoms in total. The van der Waals surface area contributed by atoms with Gasteiger partial charge in [-0.05, 0) is 38.3 Å². The largest absolute Gasteiger partial charge is 0.393 e. The van der Waals surface area contributed by atoms with E-state index in [2.05, 4.69) is 17.1 Å². The molecule has 0 spiro atoms. The van der Waals surface area contributed by atoms with E-state index in [9.17, 15) is 9.90 Å². The molecule has 1 aromatic carbocycles. The van der Waals surface area contributed by atoms with Crippen LogP contribution in [0.5, 0.6) is 0 Å². The number of rotatable bonds is 5. The van der Waals surface area contributed by atoms with Crippen LogP contribution in [0.2, 0.25) is 0 Å². The van der Waals surface area contributed by atoms with Crippen molar-refractivity contribution in [1.29, 1.82) is 0 Å². The summed E-state index contributed by atoms with van der Waals surface area (Å²) in [5.74, 6) is -0.123. The van der Waals surface area contributed by atoms with Gasteiger partial charge >= 0.3 is 0 Å². The molecule has 0 aromatic heterocycles. The normalized spacial score (nSPS) is 16.8. The van der Waals surface area contributed by atoms with Crippen LogP contribution in [0.25, 0.3) is 0 Å². The minimum atomic E-state index is -0.204. The van der Waals surface area contributed by atoms with Gasteiger partial charge in [0.2, 0.25) is 5.91 Å². The zero-order valence-corrected chi connectivity index (χ0v) is 14.0. The molecule has 0 unspecified atom stereocenters. The molecule has 2 rings (SSSR count). The van der Waals surface area contributed by atoms with Gasteiger partial charge in [0.05, 0.1) is 17.5 Å². The fourth-order valence-corrected chi connectivity index (χ4v) is 2.74. The number of allylic oxidation sites excluding steroid dienone is 3. The minimum absolute atomic E-state index is 0.123. The third kappa shape index (κ3) is 4.96. The number of nitrogens with zero attached hydrogens (tertiary/aromatic N) is 1. The van der Waals surface area contributed by atoms with E-state index in [1.54, 1.807) is 6.08 Å². The summed E-state index contributed by atoms with van der Waals surface area (Å²) in [5.41, 5.74) is 2.97. The van der Waals surface area contributed by atoms with Crippen LogP contribution in [0.15, 0.2) is 48.1 Å². The maximum atomic E-state index is 12.2. The molecular formula is C19H26N2O2. The highest BCUT2D eigenvalue weighted by Crippen LogP contribution is 2.28. The van der Waals surface area contributed by atoms with Crippen LogP contribution < -0.4 is 10.2 Å². The van der Waals surface area contributed by atoms with Gasteiger partial charge in [0.15, 0.2) is 0 Å². The Balaban J connectivity index is 2.07. The van der Waals surface area contributed by atoms with E-state index in [-0.39, 0.29) is 12.0 Å². The van der Waals surface area contributed by atoms with Crippen molar-refractivity contribution in [1.82, 2.24) is 0 Å². The molecule has 1 fully saturated rings. The Morgan fingerprint density at radius 2 is 2.00 bits per heavy atom. The van der Waals surface area contributed by atoms with Crippen LogP contribution in [-0.2, 0) is 4.79 Å². The van der Waals surface area contributed by atoms with Gasteiger partial charge < -0.3 is 15.3 Å². The van der Waals surface area contributed by atoms with Crippen molar-refractivity contribution in [2.75, 3.05) is 23.3 Å². The molecule has 23 heavy (non-hydrogen) atoms. The number of hydrogen-bond donors (Lipinski definition) is 2. The summed E-state index contributed by atoms with van der Waals surface area (Å²) >= 11 is 0. The average Bonchev–Trinajstić information content (AvgIpc) is 2.57. The molecule has 0 atom stereocenters. The molecule has 0 saturated carbocycles. The molecule has 0 bridgehead atoms. The predicted octanol–water partition coefficient (Wildman–Crippen LogP) is 3.50. The van der Waals surface area contributed by atoms with Gasteiger partial charge in [-0.25, -0.2) is 0 Å². The van der Waals surface area contributed by atoms with E-state index in [1.165, 1.54) is 0 Å². The van der Waals surface area contributed by atoms with Crippen LogP contribution in [-0.4, -0.2) is 30.2 Å². The van der Waals surface area contributed by atoms with Crippen molar-refractivity contribution >= 4 is 17.3 Å². The summed E-state index contributed by atoms with van der Waals surface area (Å²) in [6, 6.07) is 7.83. The number of aliphatic hydroxyl groups is 1. The molecule has 0 radical (unpaired) electrons. The number of aliphatic hydroxyl groups excluding tert-OH is 1. The van der Waals surface area contributed by atoms with Gasteiger partial charge in [-0.3, -0.25) is 4.79 Å². The quantitative estimate of drug-likeness (QED) is 0.646. The van der Waals surface area contributed by atoms with Crippen molar-refractivity contribution in [3.63, 3.8) is 0 Å². The highest BCUT2D eigenvalue weighted by atomic mass is 16.3. The monoisotopic (exact) mass is 314 g/mol. The van der Waals surface area contributed by atoms with Crippen LogP contribution in [0.3, 0.4) is 0 Å². The number of benzene rings is 1. The Morgan fingerprint density at radius 3 is 2.65 bits per heavy atom. The van der Waals surface area contributed by atoms with Crippen LogP contribution in [0, 0.1) is 0 Å². The molecule has 0 aliphatic carbocycles. The van der Waals surface area contributed by atoms with E-state index < -0.39 is 0 Å². The van der Waals surface area contributed by atoms with Crippen molar-refractivity contribution in [3.8, 4) is 0 Å². The summed E-state index contributed by atoms with van der Waals surface area (Å²) in [4.78, 5) is 14.4. The molecule has 4 heteroatoms. The van der Waals surface area contributed by atoms with Crippen molar-refractivity contribution < 1.29 is 9.90 Å². The highest BCUT2D eigenvalue weighted by molar-refractivity contribution is 6.01. The number of carbonyl (C=O) groups excluding carboxylic acids is 1. The second kappa shape index (κ2) is 8.53. The first-order valence-electron chi connectivity index (χ1n) is 8.30. The van der Waals surface area contributed by atoms with Gasteiger partial charge in [0, 0.05) is 19.2 Å². The standard InChI is InChI=1S/C19H26N2O2/c1-3-15(4-2)9-10-19(23)20-17-7-5-6-8-18(17)21-13-11-16(22)12-14-21/h3,5-10,16,22H,4,11-14H2,1-2H3,(H,20,23). The third-order valence-corrected chi connectivity index (χ3v) is 4.19. The van der Waals surface area contributed by atoms with Gasteiger partial charge in [0.25, 0.3) is 0 Å². The smallest absolute Gasteiger partial charge is 0.248 e.